The maximum Gasteiger partial charge on any atom is 0.475 e. The lowest BCUT2D eigenvalue weighted by Gasteiger charge is -2.34. The molecule has 0 unspecified atom stereocenters. The van der Waals surface area contributed by atoms with Crippen LogP contribution in [-0.2, 0) is 27.7 Å². The number of rotatable bonds is 11. The molecule has 0 aliphatic rings. The zero-order valence-electron chi connectivity index (χ0n) is 15.2. The van der Waals surface area contributed by atoms with Gasteiger partial charge in [0.2, 0.25) is 5.60 Å². The molecule has 0 saturated carbocycles. The van der Waals surface area contributed by atoms with E-state index in [0.717, 1.165) is 0 Å². The molecule has 0 fully saturated rings. The molecule has 144 valence electrons. The Morgan fingerprint density at radius 1 is 1.19 bits per heavy atom. The second-order valence-electron chi connectivity index (χ2n) is 5.20. The number of ether oxygens (including phenoxy) is 1. The Balaban J connectivity index is 3.41. The zero-order chi connectivity index (χ0) is 19.6. The largest absolute Gasteiger partial charge is 0.475 e. The van der Waals surface area contributed by atoms with Gasteiger partial charge in [-0.25, -0.2) is 9.36 Å². The molecule has 0 heterocycles. The standard InChI is InChI=1S/C18H25O7P/c1-5-14-18(20,17(19)22-6-2)16(15-12-10-9-11-13-15)25-26(21,23-7-3)24-8-4/h1,9-13,16,20H,6-8,14H2,2-4H3/t16-,18-/m0/s1. The van der Waals surface area contributed by atoms with Crippen molar-refractivity contribution in [1.82, 2.24) is 0 Å². The molecule has 0 radical (unpaired) electrons. The molecule has 26 heavy (non-hydrogen) atoms. The normalized spacial score (nSPS) is 14.9. The van der Waals surface area contributed by atoms with Gasteiger partial charge in [-0.15, -0.1) is 12.3 Å². The fourth-order valence-electron chi connectivity index (χ4n) is 2.28. The molecule has 0 saturated heterocycles. The Hall–Kier alpha value is -1.68. The highest BCUT2D eigenvalue weighted by atomic mass is 31.2. The first kappa shape index (κ1) is 22.4. The summed E-state index contributed by atoms with van der Waals surface area (Å²) < 4.78 is 33.6. The average Bonchev–Trinajstić information content (AvgIpc) is 2.61. The van der Waals surface area contributed by atoms with E-state index >= 15 is 0 Å². The molecule has 0 bridgehead atoms. The molecular formula is C18H25O7P. The molecule has 1 N–H and O–H groups in total. The maximum absolute atomic E-state index is 12.8. The summed E-state index contributed by atoms with van der Waals surface area (Å²) in [6, 6.07) is 8.32. The highest BCUT2D eigenvalue weighted by molar-refractivity contribution is 7.48. The van der Waals surface area contributed by atoms with E-state index in [-0.39, 0.29) is 19.8 Å². The lowest BCUT2D eigenvalue weighted by atomic mass is 9.88. The molecule has 2 atom stereocenters. The first-order chi connectivity index (χ1) is 12.4. The lowest BCUT2D eigenvalue weighted by molar-refractivity contribution is -0.177. The number of phosphoric ester groups is 1. The summed E-state index contributed by atoms with van der Waals surface area (Å²) in [5.74, 6) is 1.27. The van der Waals surface area contributed by atoms with E-state index in [1.165, 1.54) is 0 Å². The van der Waals surface area contributed by atoms with Crippen molar-refractivity contribution in [3.8, 4) is 12.3 Å². The minimum Gasteiger partial charge on any atom is -0.464 e. The molecular weight excluding hydrogens is 359 g/mol. The Morgan fingerprint density at radius 2 is 1.77 bits per heavy atom. The fourth-order valence-corrected chi connectivity index (χ4v) is 3.66. The van der Waals surface area contributed by atoms with Crippen LogP contribution in [0.25, 0.3) is 0 Å². The highest BCUT2D eigenvalue weighted by Gasteiger charge is 2.50. The summed E-state index contributed by atoms with van der Waals surface area (Å²) in [7, 11) is -4.06. The third kappa shape index (κ3) is 5.66. The molecule has 1 aromatic carbocycles. The van der Waals surface area contributed by atoms with Crippen LogP contribution in [0.4, 0.5) is 0 Å². The molecule has 0 spiro atoms. The van der Waals surface area contributed by atoms with Crippen LogP contribution < -0.4 is 0 Å². The SMILES string of the molecule is C#CC[C@@](O)(C(=O)OCC)[C@@H](OP(=O)(OCC)OCC)c1ccccc1. The van der Waals surface area contributed by atoms with Crippen LogP contribution in [0.3, 0.4) is 0 Å². The number of terminal acetylenes is 1. The first-order valence-corrected chi connectivity index (χ1v) is 9.78. The Labute approximate surface area is 154 Å². The number of hydrogen-bond acceptors (Lipinski definition) is 7. The number of aliphatic hydroxyl groups is 1. The fraction of sp³-hybridized carbons (Fsp3) is 0.500. The number of esters is 1. The number of phosphoric acid groups is 1. The van der Waals surface area contributed by atoms with E-state index < -0.39 is 31.9 Å². The Bertz CT molecular complexity index is 645. The number of carbonyl (C=O) groups is 1. The zero-order valence-corrected chi connectivity index (χ0v) is 16.1. The van der Waals surface area contributed by atoms with Crippen LogP contribution in [0.2, 0.25) is 0 Å². The summed E-state index contributed by atoms with van der Waals surface area (Å²) in [6.07, 6.45) is 3.51. The number of benzene rings is 1. The number of hydrogen-bond donors (Lipinski definition) is 1. The second kappa shape index (κ2) is 10.5. The van der Waals surface area contributed by atoms with Crippen LogP contribution in [0.5, 0.6) is 0 Å². The molecule has 0 aliphatic heterocycles. The van der Waals surface area contributed by atoms with E-state index in [1.807, 2.05) is 0 Å². The minimum atomic E-state index is -4.06. The van der Waals surface area contributed by atoms with Gasteiger partial charge in [0, 0.05) is 0 Å². The van der Waals surface area contributed by atoms with Gasteiger partial charge in [0.05, 0.1) is 26.2 Å². The van der Waals surface area contributed by atoms with Crippen molar-refractivity contribution in [2.75, 3.05) is 19.8 Å². The lowest BCUT2D eigenvalue weighted by Crippen LogP contribution is -2.46. The van der Waals surface area contributed by atoms with Crippen molar-refractivity contribution in [1.29, 1.82) is 0 Å². The Kier molecular flexibility index (Phi) is 9.00. The van der Waals surface area contributed by atoms with Gasteiger partial charge < -0.3 is 9.84 Å². The summed E-state index contributed by atoms with van der Waals surface area (Å²) in [4.78, 5) is 12.5. The molecule has 0 aliphatic carbocycles. The van der Waals surface area contributed by atoms with Crippen LogP contribution in [0, 0.1) is 12.3 Å². The summed E-state index contributed by atoms with van der Waals surface area (Å²) in [6.45, 7) is 4.95. The van der Waals surface area contributed by atoms with E-state index in [4.69, 9.17) is 24.7 Å². The van der Waals surface area contributed by atoms with Crippen LogP contribution in [-0.4, -0.2) is 36.5 Å². The minimum absolute atomic E-state index is 0.0296. The Morgan fingerprint density at radius 3 is 2.23 bits per heavy atom. The third-order valence-electron chi connectivity index (χ3n) is 3.35. The van der Waals surface area contributed by atoms with Crippen LogP contribution in [0.1, 0.15) is 38.9 Å². The molecule has 1 aromatic rings. The molecule has 1 rings (SSSR count). The van der Waals surface area contributed by atoms with Gasteiger partial charge >= 0.3 is 13.8 Å². The van der Waals surface area contributed by atoms with Crippen molar-refractivity contribution in [3.63, 3.8) is 0 Å². The summed E-state index contributed by atoms with van der Waals surface area (Å²) in [5, 5.41) is 11.0. The molecule has 0 amide bonds. The summed E-state index contributed by atoms with van der Waals surface area (Å²) >= 11 is 0. The average molecular weight is 384 g/mol. The molecule has 0 aromatic heterocycles. The van der Waals surface area contributed by atoms with Gasteiger partial charge in [-0.1, -0.05) is 30.3 Å². The smallest absolute Gasteiger partial charge is 0.464 e. The van der Waals surface area contributed by atoms with Gasteiger partial charge in [-0.05, 0) is 26.3 Å². The van der Waals surface area contributed by atoms with E-state index in [1.54, 1.807) is 51.1 Å². The monoisotopic (exact) mass is 384 g/mol. The maximum atomic E-state index is 12.8. The van der Waals surface area contributed by atoms with Gasteiger partial charge in [-0.2, -0.15) is 0 Å². The first-order valence-electron chi connectivity index (χ1n) is 8.32. The molecule has 8 heteroatoms. The van der Waals surface area contributed by atoms with E-state index in [0.29, 0.717) is 5.56 Å². The second-order valence-corrected chi connectivity index (χ2v) is 6.83. The van der Waals surface area contributed by atoms with Crippen LogP contribution in [0.15, 0.2) is 30.3 Å². The van der Waals surface area contributed by atoms with Crippen molar-refractivity contribution in [2.45, 2.75) is 38.9 Å². The van der Waals surface area contributed by atoms with Crippen LogP contribution >= 0.6 is 7.82 Å². The predicted molar refractivity (Wildman–Crippen MR) is 96.2 cm³/mol. The number of carbonyl (C=O) groups excluding carboxylic acids is 1. The molecule has 7 nitrogen and oxygen atoms in total. The summed E-state index contributed by atoms with van der Waals surface area (Å²) in [5.41, 5.74) is -1.89. The highest BCUT2D eigenvalue weighted by Crippen LogP contribution is 2.55. The topological polar surface area (TPSA) is 91.3 Å². The van der Waals surface area contributed by atoms with Crippen molar-refractivity contribution in [3.05, 3.63) is 35.9 Å². The predicted octanol–water partition coefficient (Wildman–Crippen LogP) is 3.24. The van der Waals surface area contributed by atoms with E-state index in [2.05, 4.69) is 5.92 Å². The van der Waals surface area contributed by atoms with Gasteiger partial charge in [0.25, 0.3) is 0 Å². The van der Waals surface area contributed by atoms with Gasteiger partial charge in [-0.3, -0.25) is 13.6 Å². The van der Waals surface area contributed by atoms with E-state index in [9.17, 15) is 14.5 Å². The van der Waals surface area contributed by atoms with Crippen molar-refractivity contribution < 1.29 is 32.8 Å². The third-order valence-corrected chi connectivity index (χ3v) is 4.96. The van der Waals surface area contributed by atoms with Gasteiger partial charge in [0.1, 0.15) is 6.10 Å². The quantitative estimate of drug-likeness (QED) is 0.356. The van der Waals surface area contributed by atoms with Crippen molar-refractivity contribution in [2.24, 2.45) is 0 Å². The van der Waals surface area contributed by atoms with Gasteiger partial charge in [0.15, 0.2) is 0 Å². The van der Waals surface area contributed by atoms with Crippen molar-refractivity contribution >= 4 is 13.8 Å².